The molecule has 1 saturated heterocycles. The summed E-state index contributed by atoms with van der Waals surface area (Å²) in [5.41, 5.74) is 1.75. The molecule has 0 radical (unpaired) electrons. The maximum Gasteiger partial charge on any atom is 0.101 e. The van der Waals surface area contributed by atoms with Crippen molar-refractivity contribution in [1.82, 2.24) is 4.98 Å². The molecule has 1 fully saturated rings. The van der Waals surface area contributed by atoms with Crippen LogP contribution in [-0.4, -0.2) is 18.1 Å². The molecule has 0 saturated carbocycles. The number of nitriles is 1. The van der Waals surface area contributed by atoms with Crippen molar-refractivity contribution >= 4 is 5.69 Å². The second-order valence-corrected chi connectivity index (χ2v) is 4.26. The molecule has 1 aliphatic rings. The predicted molar refractivity (Wildman–Crippen MR) is 64.3 cm³/mol. The Bertz CT molecular complexity index is 373. The molecule has 0 aliphatic carbocycles. The van der Waals surface area contributed by atoms with Gasteiger partial charge in [0.2, 0.25) is 0 Å². The van der Waals surface area contributed by atoms with Crippen molar-refractivity contribution < 1.29 is 0 Å². The minimum atomic E-state index is 0.746. The van der Waals surface area contributed by atoms with Crippen LogP contribution in [0.3, 0.4) is 0 Å². The van der Waals surface area contributed by atoms with Gasteiger partial charge in [0.15, 0.2) is 0 Å². The van der Waals surface area contributed by atoms with Gasteiger partial charge in [-0.25, -0.2) is 0 Å². The summed E-state index contributed by atoms with van der Waals surface area (Å²) >= 11 is 0. The van der Waals surface area contributed by atoms with Crippen molar-refractivity contribution in [3.8, 4) is 6.07 Å². The quantitative estimate of drug-likeness (QED) is 0.723. The van der Waals surface area contributed by atoms with E-state index in [1.165, 1.54) is 32.1 Å². The maximum atomic E-state index is 9.07. The summed E-state index contributed by atoms with van der Waals surface area (Å²) in [5, 5.41) is 9.07. The molecule has 16 heavy (non-hydrogen) atoms. The molecule has 2 rings (SSSR count). The molecule has 2 heterocycles. The van der Waals surface area contributed by atoms with Crippen LogP contribution in [0.2, 0.25) is 0 Å². The Kier molecular flexibility index (Phi) is 3.76. The molecule has 0 aromatic carbocycles. The van der Waals surface area contributed by atoms with Crippen molar-refractivity contribution in [3.05, 3.63) is 24.0 Å². The van der Waals surface area contributed by atoms with Crippen LogP contribution >= 0.6 is 0 Å². The highest BCUT2D eigenvalue weighted by molar-refractivity contribution is 5.57. The van der Waals surface area contributed by atoms with Gasteiger partial charge in [-0.15, -0.1) is 0 Å². The fourth-order valence-electron chi connectivity index (χ4n) is 2.22. The number of anilines is 1. The lowest BCUT2D eigenvalue weighted by molar-refractivity contribution is 0.556. The van der Waals surface area contributed by atoms with Gasteiger partial charge in [0.25, 0.3) is 0 Å². The zero-order valence-corrected chi connectivity index (χ0v) is 9.52. The second kappa shape index (κ2) is 5.50. The average molecular weight is 215 g/mol. The summed E-state index contributed by atoms with van der Waals surface area (Å²) in [4.78, 5) is 6.44. The van der Waals surface area contributed by atoms with E-state index in [0.29, 0.717) is 0 Å². The van der Waals surface area contributed by atoms with Crippen LogP contribution in [0.4, 0.5) is 5.69 Å². The zero-order chi connectivity index (χ0) is 11.2. The van der Waals surface area contributed by atoms with Gasteiger partial charge in [0.05, 0.1) is 17.4 Å². The van der Waals surface area contributed by atoms with E-state index in [-0.39, 0.29) is 0 Å². The van der Waals surface area contributed by atoms with Gasteiger partial charge in [-0.3, -0.25) is 4.98 Å². The van der Waals surface area contributed by atoms with E-state index in [1.54, 1.807) is 12.3 Å². The molecule has 0 amide bonds. The van der Waals surface area contributed by atoms with Gasteiger partial charge in [0.1, 0.15) is 6.07 Å². The molecule has 84 valence electrons. The van der Waals surface area contributed by atoms with Gasteiger partial charge in [-0.05, 0) is 18.9 Å². The van der Waals surface area contributed by atoms with Gasteiger partial charge in [-0.1, -0.05) is 19.3 Å². The maximum absolute atomic E-state index is 9.07. The molecule has 0 bridgehead atoms. The van der Waals surface area contributed by atoms with Crippen molar-refractivity contribution in [2.45, 2.75) is 32.1 Å². The standard InChI is InChI=1S/C13H17N3/c14-10-12-6-7-15-11-13(12)16-8-4-2-1-3-5-9-16/h6-7,11H,1-5,8-9H2. The first kappa shape index (κ1) is 10.9. The normalized spacial score (nSPS) is 17.3. The number of nitrogens with zero attached hydrogens (tertiary/aromatic N) is 3. The van der Waals surface area contributed by atoms with Crippen molar-refractivity contribution in [1.29, 1.82) is 5.26 Å². The molecule has 0 unspecified atom stereocenters. The summed E-state index contributed by atoms with van der Waals surface area (Å²) in [5.74, 6) is 0. The molecule has 1 aromatic heterocycles. The first-order valence-electron chi connectivity index (χ1n) is 6.01. The van der Waals surface area contributed by atoms with Crippen LogP contribution in [0.1, 0.15) is 37.7 Å². The smallest absolute Gasteiger partial charge is 0.101 e. The molecule has 0 spiro atoms. The minimum Gasteiger partial charge on any atom is -0.369 e. The number of hydrogen-bond acceptors (Lipinski definition) is 3. The molecule has 0 N–H and O–H groups in total. The van der Waals surface area contributed by atoms with E-state index in [9.17, 15) is 0 Å². The van der Waals surface area contributed by atoms with Crippen LogP contribution in [0.25, 0.3) is 0 Å². The summed E-state index contributed by atoms with van der Waals surface area (Å²) in [7, 11) is 0. The summed E-state index contributed by atoms with van der Waals surface area (Å²) in [6.45, 7) is 2.11. The zero-order valence-electron chi connectivity index (χ0n) is 9.52. The molecular weight excluding hydrogens is 198 g/mol. The first-order chi connectivity index (χ1) is 7.92. The predicted octanol–water partition coefficient (Wildman–Crippen LogP) is 2.72. The third kappa shape index (κ3) is 2.52. The number of rotatable bonds is 1. The highest BCUT2D eigenvalue weighted by atomic mass is 15.1. The van der Waals surface area contributed by atoms with Crippen LogP contribution in [0.5, 0.6) is 0 Å². The fourth-order valence-corrected chi connectivity index (χ4v) is 2.22. The van der Waals surface area contributed by atoms with E-state index in [2.05, 4.69) is 16.0 Å². The highest BCUT2D eigenvalue weighted by Crippen LogP contribution is 2.21. The Labute approximate surface area is 96.7 Å². The Balaban J connectivity index is 2.17. The van der Waals surface area contributed by atoms with Gasteiger partial charge < -0.3 is 4.90 Å². The largest absolute Gasteiger partial charge is 0.369 e. The molecule has 1 aliphatic heterocycles. The third-order valence-electron chi connectivity index (χ3n) is 3.12. The lowest BCUT2D eigenvalue weighted by atomic mass is 10.1. The Morgan fingerprint density at radius 1 is 1.12 bits per heavy atom. The van der Waals surface area contributed by atoms with Crippen LogP contribution in [-0.2, 0) is 0 Å². The molecule has 3 heteroatoms. The highest BCUT2D eigenvalue weighted by Gasteiger charge is 2.12. The van der Waals surface area contributed by atoms with E-state index in [0.717, 1.165) is 24.3 Å². The fraction of sp³-hybridized carbons (Fsp3) is 0.538. The van der Waals surface area contributed by atoms with Crippen LogP contribution < -0.4 is 4.90 Å². The second-order valence-electron chi connectivity index (χ2n) is 4.26. The van der Waals surface area contributed by atoms with Crippen molar-refractivity contribution in [2.75, 3.05) is 18.0 Å². The summed E-state index contributed by atoms with van der Waals surface area (Å²) < 4.78 is 0. The molecule has 1 aromatic rings. The van der Waals surface area contributed by atoms with E-state index in [4.69, 9.17) is 5.26 Å². The number of hydrogen-bond donors (Lipinski definition) is 0. The summed E-state index contributed by atoms with van der Waals surface area (Å²) in [6.07, 6.45) is 9.91. The van der Waals surface area contributed by atoms with E-state index in [1.807, 2.05) is 6.20 Å². The van der Waals surface area contributed by atoms with Gasteiger partial charge in [-0.2, -0.15) is 5.26 Å². The first-order valence-corrected chi connectivity index (χ1v) is 6.01. The lowest BCUT2D eigenvalue weighted by Crippen LogP contribution is -2.27. The van der Waals surface area contributed by atoms with Crippen molar-refractivity contribution in [2.24, 2.45) is 0 Å². The molecular formula is C13H17N3. The Morgan fingerprint density at radius 2 is 1.81 bits per heavy atom. The number of pyridine rings is 1. The molecule has 3 nitrogen and oxygen atoms in total. The van der Waals surface area contributed by atoms with E-state index >= 15 is 0 Å². The van der Waals surface area contributed by atoms with Gasteiger partial charge in [0, 0.05) is 19.3 Å². The lowest BCUT2D eigenvalue weighted by Gasteiger charge is -2.27. The topological polar surface area (TPSA) is 39.9 Å². The van der Waals surface area contributed by atoms with Gasteiger partial charge >= 0.3 is 0 Å². The average Bonchev–Trinajstić information content (AvgIpc) is 2.29. The Hall–Kier alpha value is -1.56. The van der Waals surface area contributed by atoms with Crippen molar-refractivity contribution in [3.63, 3.8) is 0 Å². The molecule has 0 atom stereocenters. The third-order valence-corrected chi connectivity index (χ3v) is 3.12. The van der Waals surface area contributed by atoms with Crippen LogP contribution in [0.15, 0.2) is 18.5 Å². The van der Waals surface area contributed by atoms with Crippen LogP contribution in [0, 0.1) is 11.3 Å². The minimum absolute atomic E-state index is 0.746. The SMILES string of the molecule is N#Cc1ccncc1N1CCCCCCC1. The van der Waals surface area contributed by atoms with E-state index < -0.39 is 0 Å². The summed E-state index contributed by atoms with van der Waals surface area (Å²) in [6, 6.07) is 4.05. The Morgan fingerprint density at radius 3 is 2.50 bits per heavy atom. The monoisotopic (exact) mass is 215 g/mol. The number of aromatic nitrogens is 1.